The van der Waals surface area contributed by atoms with E-state index in [0.29, 0.717) is 12.3 Å². The van der Waals surface area contributed by atoms with Crippen LogP contribution in [0.1, 0.15) is 46.5 Å². The van der Waals surface area contributed by atoms with Crippen molar-refractivity contribution < 1.29 is 18.3 Å². The third-order valence-electron chi connectivity index (χ3n) is 4.83. The molecule has 1 heterocycles. The molecular weight excluding hydrogens is 290 g/mol. The van der Waals surface area contributed by atoms with Crippen LogP contribution in [0, 0.1) is 11.3 Å². The van der Waals surface area contributed by atoms with Crippen molar-refractivity contribution in [2.45, 2.75) is 58.5 Å². The van der Waals surface area contributed by atoms with Crippen LogP contribution in [0.5, 0.6) is 0 Å². The van der Waals surface area contributed by atoms with Gasteiger partial charge in [0.25, 0.3) is 0 Å². The van der Waals surface area contributed by atoms with E-state index >= 15 is 0 Å². The van der Waals surface area contributed by atoms with Gasteiger partial charge in [0, 0.05) is 12.1 Å². The first kappa shape index (κ1) is 16.7. The number of sulfone groups is 1. The van der Waals surface area contributed by atoms with Gasteiger partial charge in [-0.1, -0.05) is 20.8 Å². The number of aliphatic carboxylic acids is 1. The lowest BCUT2D eigenvalue weighted by Crippen LogP contribution is -2.50. The van der Waals surface area contributed by atoms with Crippen molar-refractivity contribution in [1.82, 2.24) is 4.90 Å². The second-order valence-corrected chi connectivity index (χ2v) is 9.92. The molecule has 2 fully saturated rings. The van der Waals surface area contributed by atoms with Crippen LogP contribution in [-0.4, -0.2) is 54.5 Å². The van der Waals surface area contributed by atoms with Gasteiger partial charge in [-0.25, -0.2) is 8.42 Å². The monoisotopic (exact) mass is 317 g/mol. The molecule has 0 aromatic rings. The Morgan fingerprint density at radius 2 is 1.95 bits per heavy atom. The van der Waals surface area contributed by atoms with Crippen molar-refractivity contribution in [3.8, 4) is 0 Å². The van der Waals surface area contributed by atoms with Gasteiger partial charge in [-0.15, -0.1) is 0 Å². The SMILES string of the molecule is CC1CC(N(CC(=O)O)C2CCS(=O)(=O)C2)CC(C)(C)C1. The third kappa shape index (κ3) is 4.42. The smallest absolute Gasteiger partial charge is 0.317 e. The van der Waals surface area contributed by atoms with E-state index in [-0.39, 0.29) is 35.5 Å². The zero-order valence-corrected chi connectivity index (χ0v) is 14.0. The fourth-order valence-electron chi connectivity index (χ4n) is 4.30. The number of carbonyl (C=O) groups is 1. The number of hydrogen-bond acceptors (Lipinski definition) is 4. The molecule has 5 nitrogen and oxygen atoms in total. The molecule has 0 aromatic carbocycles. The van der Waals surface area contributed by atoms with E-state index < -0.39 is 15.8 Å². The van der Waals surface area contributed by atoms with Gasteiger partial charge in [0.15, 0.2) is 9.84 Å². The van der Waals surface area contributed by atoms with E-state index in [1.54, 1.807) is 0 Å². The molecule has 6 heteroatoms. The summed E-state index contributed by atoms with van der Waals surface area (Å²) in [7, 11) is -2.99. The van der Waals surface area contributed by atoms with Crippen LogP contribution in [0.15, 0.2) is 0 Å². The Morgan fingerprint density at radius 3 is 2.43 bits per heavy atom. The summed E-state index contributed by atoms with van der Waals surface area (Å²) in [6.45, 7) is 6.60. The first-order chi connectivity index (χ1) is 9.58. The number of nitrogens with zero attached hydrogens (tertiary/aromatic N) is 1. The van der Waals surface area contributed by atoms with Gasteiger partial charge in [0.2, 0.25) is 0 Å². The summed E-state index contributed by atoms with van der Waals surface area (Å²) in [5.74, 6) is -0.00575. The number of carboxylic acids is 1. The van der Waals surface area contributed by atoms with Gasteiger partial charge in [-0.05, 0) is 37.0 Å². The molecule has 2 rings (SSSR count). The normalized spacial score (nSPS) is 35.0. The predicted octanol–water partition coefficient (Wildman–Crippen LogP) is 1.77. The van der Waals surface area contributed by atoms with Gasteiger partial charge in [0.05, 0.1) is 18.1 Å². The van der Waals surface area contributed by atoms with Crippen molar-refractivity contribution in [2.24, 2.45) is 11.3 Å². The van der Waals surface area contributed by atoms with E-state index in [2.05, 4.69) is 20.8 Å². The Morgan fingerprint density at radius 1 is 1.29 bits per heavy atom. The Bertz CT molecular complexity index is 500. The molecule has 1 aliphatic carbocycles. The second-order valence-electron chi connectivity index (χ2n) is 7.69. The van der Waals surface area contributed by atoms with Crippen LogP contribution in [0.2, 0.25) is 0 Å². The molecule has 21 heavy (non-hydrogen) atoms. The van der Waals surface area contributed by atoms with E-state index in [0.717, 1.165) is 19.3 Å². The van der Waals surface area contributed by atoms with Gasteiger partial charge in [-0.2, -0.15) is 0 Å². The van der Waals surface area contributed by atoms with Gasteiger partial charge >= 0.3 is 5.97 Å². The summed E-state index contributed by atoms with van der Waals surface area (Å²) in [6.07, 6.45) is 3.63. The van der Waals surface area contributed by atoms with E-state index in [1.165, 1.54) is 0 Å². The lowest BCUT2D eigenvalue weighted by atomic mass is 9.70. The molecular formula is C15H27NO4S. The molecule has 1 saturated carbocycles. The molecule has 122 valence electrons. The molecule has 3 atom stereocenters. The summed E-state index contributed by atoms with van der Waals surface area (Å²) < 4.78 is 23.5. The van der Waals surface area contributed by atoms with Crippen LogP contribution in [0.4, 0.5) is 0 Å². The number of rotatable bonds is 4. The molecule has 0 radical (unpaired) electrons. The largest absolute Gasteiger partial charge is 0.480 e. The van der Waals surface area contributed by atoms with Crippen molar-refractivity contribution in [1.29, 1.82) is 0 Å². The minimum Gasteiger partial charge on any atom is -0.480 e. The van der Waals surface area contributed by atoms with Crippen LogP contribution in [0.3, 0.4) is 0 Å². The second kappa shape index (κ2) is 5.88. The highest BCUT2D eigenvalue weighted by molar-refractivity contribution is 7.91. The Hall–Kier alpha value is -0.620. The Kier molecular flexibility index (Phi) is 4.69. The van der Waals surface area contributed by atoms with Crippen molar-refractivity contribution in [3.05, 3.63) is 0 Å². The number of carboxylic acid groups (broad SMARTS) is 1. The number of hydrogen-bond donors (Lipinski definition) is 1. The van der Waals surface area contributed by atoms with Gasteiger partial charge in [0.1, 0.15) is 0 Å². The molecule has 0 amide bonds. The highest BCUT2D eigenvalue weighted by Gasteiger charge is 2.41. The molecule has 0 aromatic heterocycles. The molecule has 2 aliphatic rings. The lowest BCUT2D eigenvalue weighted by Gasteiger charge is -2.45. The van der Waals surface area contributed by atoms with E-state index in [1.807, 2.05) is 4.90 Å². The maximum absolute atomic E-state index is 11.7. The molecule has 3 unspecified atom stereocenters. The topological polar surface area (TPSA) is 74.7 Å². The molecule has 1 aliphatic heterocycles. The van der Waals surface area contributed by atoms with Gasteiger partial charge in [-0.3, -0.25) is 9.69 Å². The highest BCUT2D eigenvalue weighted by atomic mass is 32.2. The molecule has 1 N–H and O–H groups in total. The van der Waals surface area contributed by atoms with Crippen LogP contribution in [0.25, 0.3) is 0 Å². The van der Waals surface area contributed by atoms with Gasteiger partial charge < -0.3 is 5.11 Å². The Balaban J connectivity index is 2.18. The maximum Gasteiger partial charge on any atom is 0.317 e. The third-order valence-corrected chi connectivity index (χ3v) is 6.58. The minimum atomic E-state index is -2.99. The summed E-state index contributed by atoms with van der Waals surface area (Å²) in [5, 5.41) is 9.21. The van der Waals surface area contributed by atoms with E-state index in [4.69, 9.17) is 0 Å². The molecule has 1 saturated heterocycles. The minimum absolute atomic E-state index is 0.0480. The first-order valence-electron chi connectivity index (χ1n) is 7.76. The van der Waals surface area contributed by atoms with Crippen molar-refractivity contribution in [2.75, 3.05) is 18.1 Å². The van der Waals surface area contributed by atoms with Crippen LogP contribution >= 0.6 is 0 Å². The predicted molar refractivity (Wildman–Crippen MR) is 82.0 cm³/mol. The summed E-state index contributed by atoms with van der Waals surface area (Å²) >= 11 is 0. The van der Waals surface area contributed by atoms with Crippen LogP contribution < -0.4 is 0 Å². The Labute approximate surface area is 127 Å². The van der Waals surface area contributed by atoms with E-state index in [9.17, 15) is 18.3 Å². The highest BCUT2D eigenvalue weighted by Crippen LogP contribution is 2.41. The maximum atomic E-state index is 11.7. The zero-order valence-electron chi connectivity index (χ0n) is 13.2. The molecule has 0 spiro atoms. The summed E-state index contributed by atoms with van der Waals surface area (Å²) in [6, 6.07) is 0.0512. The quantitative estimate of drug-likeness (QED) is 0.855. The van der Waals surface area contributed by atoms with Crippen molar-refractivity contribution >= 4 is 15.8 Å². The lowest BCUT2D eigenvalue weighted by molar-refractivity contribution is -0.140. The average Bonchev–Trinajstić information content (AvgIpc) is 2.63. The van der Waals surface area contributed by atoms with Crippen LogP contribution in [-0.2, 0) is 14.6 Å². The average molecular weight is 317 g/mol. The standard InChI is InChI=1S/C15H27NO4S/c1-11-6-13(8-15(2,3)7-11)16(9-14(17)18)12-4-5-21(19,20)10-12/h11-13H,4-10H2,1-3H3,(H,17,18). The summed E-state index contributed by atoms with van der Waals surface area (Å²) in [4.78, 5) is 13.2. The molecule has 0 bridgehead atoms. The van der Waals surface area contributed by atoms with Crippen molar-refractivity contribution in [3.63, 3.8) is 0 Å². The zero-order chi connectivity index (χ0) is 15.8. The fourth-order valence-corrected chi connectivity index (χ4v) is 6.04. The summed E-state index contributed by atoms with van der Waals surface area (Å²) in [5.41, 5.74) is 0.191. The first-order valence-corrected chi connectivity index (χ1v) is 9.58. The fraction of sp³-hybridized carbons (Fsp3) is 0.933.